The Bertz CT molecular complexity index is 275. The van der Waals surface area contributed by atoms with E-state index in [2.05, 4.69) is 15.9 Å². The topological polar surface area (TPSA) is 55.6 Å². The van der Waals surface area contributed by atoms with Crippen molar-refractivity contribution in [1.29, 1.82) is 0 Å². The van der Waals surface area contributed by atoms with Crippen molar-refractivity contribution in [3.05, 3.63) is 10.0 Å². The summed E-state index contributed by atoms with van der Waals surface area (Å²) in [4.78, 5) is 12.9. The van der Waals surface area contributed by atoms with Crippen LogP contribution in [0.5, 0.6) is 0 Å². The fourth-order valence-corrected chi connectivity index (χ4v) is 2.32. The number of nitrogens with two attached hydrogens (primary N) is 1. The Balaban J connectivity index is 2.62. The van der Waals surface area contributed by atoms with Crippen LogP contribution in [-0.4, -0.2) is 22.1 Å². The van der Waals surface area contributed by atoms with Crippen LogP contribution in [0.25, 0.3) is 0 Å². The molecule has 6 heteroatoms. The van der Waals surface area contributed by atoms with Gasteiger partial charge in [0.1, 0.15) is 11.1 Å². The molecule has 0 aromatic carbocycles. The number of rotatable bonds is 0. The predicted octanol–water partition coefficient (Wildman–Crippen LogP) is 2.41. The van der Waals surface area contributed by atoms with Gasteiger partial charge in [0.05, 0.1) is 3.81 Å². The van der Waals surface area contributed by atoms with Crippen LogP contribution >= 0.6 is 27.7 Å². The van der Waals surface area contributed by atoms with Gasteiger partial charge in [0, 0.05) is 6.20 Å². The Morgan fingerprint density at radius 1 is 1.71 bits per heavy atom. The highest BCUT2D eigenvalue weighted by atomic mass is 79.9. The summed E-state index contributed by atoms with van der Waals surface area (Å²) in [5.74, 6) is 0. The van der Waals surface area contributed by atoms with Crippen LogP contribution in [0, 0.1) is 0 Å². The van der Waals surface area contributed by atoms with Gasteiger partial charge in [-0.1, -0.05) is 11.8 Å². The minimum atomic E-state index is -0.496. The Morgan fingerprint density at radius 3 is 2.64 bits per heavy atom. The van der Waals surface area contributed by atoms with E-state index in [0.29, 0.717) is 0 Å². The van der Waals surface area contributed by atoms with Crippen molar-refractivity contribution < 1.29 is 9.53 Å². The first-order chi connectivity index (χ1) is 6.29. The molecule has 1 aliphatic rings. The van der Waals surface area contributed by atoms with Gasteiger partial charge in [0.25, 0.3) is 0 Å². The average Bonchev–Trinajstić information content (AvgIpc) is 2.26. The van der Waals surface area contributed by atoms with Crippen molar-refractivity contribution in [3.8, 4) is 0 Å². The quantitative estimate of drug-likeness (QED) is 0.740. The van der Waals surface area contributed by atoms with Crippen molar-refractivity contribution in [2.24, 2.45) is 5.73 Å². The maximum Gasteiger partial charge on any atom is 0.416 e. The molecule has 0 fully saturated rings. The lowest BCUT2D eigenvalue weighted by atomic mass is 10.2. The highest BCUT2D eigenvalue weighted by molar-refractivity contribution is 9.14. The number of halogens is 1. The summed E-state index contributed by atoms with van der Waals surface area (Å²) in [6.45, 7) is 5.45. The van der Waals surface area contributed by atoms with E-state index in [4.69, 9.17) is 10.5 Å². The first-order valence-electron chi connectivity index (χ1n) is 4.10. The first-order valence-corrected chi connectivity index (χ1v) is 5.78. The van der Waals surface area contributed by atoms with E-state index in [0.717, 1.165) is 3.81 Å². The van der Waals surface area contributed by atoms with Gasteiger partial charge in [-0.2, -0.15) is 0 Å². The molecule has 1 amide bonds. The third-order valence-corrected chi connectivity index (χ3v) is 2.92. The Hall–Kier alpha value is -0.200. The van der Waals surface area contributed by atoms with Crippen molar-refractivity contribution in [2.45, 2.75) is 31.9 Å². The van der Waals surface area contributed by atoms with Gasteiger partial charge in [-0.3, -0.25) is 4.90 Å². The molecule has 0 radical (unpaired) electrons. The molecular formula is C8H13BrN2O2S. The van der Waals surface area contributed by atoms with Crippen molar-refractivity contribution in [3.63, 3.8) is 0 Å². The predicted molar refractivity (Wildman–Crippen MR) is 60.6 cm³/mol. The molecule has 0 aliphatic carbocycles. The summed E-state index contributed by atoms with van der Waals surface area (Å²) in [6, 6.07) is 0. The second-order valence-electron chi connectivity index (χ2n) is 3.83. The molecule has 1 heterocycles. The van der Waals surface area contributed by atoms with Gasteiger partial charge >= 0.3 is 6.09 Å². The molecule has 1 atom stereocenters. The second kappa shape index (κ2) is 4.12. The van der Waals surface area contributed by atoms with Crippen LogP contribution < -0.4 is 5.73 Å². The number of hydrogen-bond donors (Lipinski definition) is 1. The van der Waals surface area contributed by atoms with Gasteiger partial charge in [0.2, 0.25) is 0 Å². The van der Waals surface area contributed by atoms with Gasteiger partial charge < -0.3 is 10.5 Å². The number of hydrogen-bond acceptors (Lipinski definition) is 4. The molecule has 0 unspecified atom stereocenters. The molecule has 1 rings (SSSR count). The summed E-state index contributed by atoms with van der Waals surface area (Å²) < 4.78 is 6.00. The zero-order valence-electron chi connectivity index (χ0n) is 8.28. The molecule has 0 saturated heterocycles. The number of ether oxygens (including phenoxy) is 1. The molecule has 14 heavy (non-hydrogen) atoms. The van der Waals surface area contributed by atoms with Crippen molar-refractivity contribution in [1.82, 2.24) is 4.90 Å². The molecule has 80 valence electrons. The summed E-state index contributed by atoms with van der Waals surface area (Å²) in [7, 11) is 0. The molecular weight excluding hydrogens is 268 g/mol. The Kier molecular flexibility index (Phi) is 3.49. The number of carbonyl (C=O) groups excluding carboxylic acids is 1. The Labute approximate surface area is 96.0 Å². The van der Waals surface area contributed by atoms with Crippen LogP contribution in [0.15, 0.2) is 10.0 Å². The van der Waals surface area contributed by atoms with E-state index in [9.17, 15) is 4.79 Å². The molecule has 0 spiro atoms. The van der Waals surface area contributed by atoms with Gasteiger partial charge in [-0.25, -0.2) is 4.79 Å². The first kappa shape index (κ1) is 11.9. The third kappa shape index (κ3) is 3.18. The second-order valence-corrected chi connectivity index (χ2v) is 6.37. The van der Waals surface area contributed by atoms with Crippen molar-refractivity contribution in [2.75, 3.05) is 0 Å². The molecule has 1 aliphatic heterocycles. The fraction of sp³-hybridized carbons (Fsp3) is 0.625. The number of nitrogens with zero attached hydrogens (tertiary/aromatic N) is 1. The van der Waals surface area contributed by atoms with Crippen LogP contribution in [-0.2, 0) is 4.74 Å². The van der Waals surface area contributed by atoms with Crippen LogP contribution in [0.1, 0.15) is 20.8 Å². The maximum atomic E-state index is 11.6. The smallest absolute Gasteiger partial charge is 0.416 e. The molecule has 0 aromatic rings. The van der Waals surface area contributed by atoms with Gasteiger partial charge in [0.15, 0.2) is 0 Å². The zero-order chi connectivity index (χ0) is 10.9. The highest BCUT2D eigenvalue weighted by Crippen LogP contribution is 2.34. The fourth-order valence-electron chi connectivity index (χ4n) is 0.857. The lowest BCUT2D eigenvalue weighted by Gasteiger charge is -2.25. The monoisotopic (exact) mass is 280 g/mol. The summed E-state index contributed by atoms with van der Waals surface area (Å²) in [6.07, 6.45) is 1.20. The van der Waals surface area contributed by atoms with E-state index < -0.39 is 17.2 Å². The van der Waals surface area contributed by atoms with Crippen LogP contribution in [0.4, 0.5) is 4.79 Å². The van der Waals surface area contributed by atoms with E-state index in [-0.39, 0.29) is 0 Å². The van der Waals surface area contributed by atoms with Gasteiger partial charge in [-0.15, -0.1) is 0 Å². The molecule has 0 bridgehead atoms. The zero-order valence-corrected chi connectivity index (χ0v) is 10.7. The van der Waals surface area contributed by atoms with E-state index >= 15 is 0 Å². The lowest BCUT2D eigenvalue weighted by molar-refractivity contribution is 0.0327. The molecule has 4 nitrogen and oxygen atoms in total. The van der Waals surface area contributed by atoms with E-state index in [1.807, 2.05) is 20.8 Å². The molecule has 0 aromatic heterocycles. The minimum absolute atomic E-state index is 0.403. The highest BCUT2D eigenvalue weighted by Gasteiger charge is 2.29. The van der Waals surface area contributed by atoms with Crippen molar-refractivity contribution >= 4 is 33.8 Å². The lowest BCUT2D eigenvalue weighted by Crippen LogP contribution is -2.40. The van der Waals surface area contributed by atoms with Gasteiger partial charge in [-0.05, 0) is 36.7 Å². The maximum absolute atomic E-state index is 11.6. The third-order valence-electron chi connectivity index (χ3n) is 1.35. The van der Waals surface area contributed by atoms with E-state index in [1.54, 1.807) is 6.20 Å². The minimum Gasteiger partial charge on any atom is -0.443 e. The van der Waals surface area contributed by atoms with Crippen LogP contribution in [0.3, 0.4) is 0 Å². The average molecular weight is 281 g/mol. The Morgan fingerprint density at radius 2 is 2.29 bits per heavy atom. The normalized spacial score (nSPS) is 22.2. The number of carbonyl (C=O) groups is 1. The SMILES string of the molecule is CC(C)(C)OC(=O)N1C=C(Br)S[C@H]1N. The number of amides is 1. The van der Waals surface area contributed by atoms with Crippen LogP contribution in [0.2, 0.25) is 0 Å². The summed E-state index contributed by atoms with van der Waals surface area (Å²) >= 11 is 4.63. The number of thioether (sulfide) groups is 1. The van der Waals surface area contributed by atoms with E-state index in [1.165, 1.54) is 16.7 Å². The summed E-state index contributed by atoms with van der Waals surface area (Å²) in [5.41, 5.74) is 4.80. The largest absolute Gasteiger partial charge is 0.443 e. The standard InChI is InChI=1S/C8H13BrN2O2S/c1-8(2,3)13-7(12)11-4-5(9)14-6(11)10/h4,6H,10H2,1-3H3/t6-/m0/s1. The summed E-state index contributed by atoms with van der Waals surface area (Å²) in [5, 5.41) is 0. The molecule has 2 N–H and O–H groups in total. The molecule has 0 saturated carbocycles.